The summed E-state index contributed by atoms with van der Waals surface area (Å²) in [5, 5.41) is 3.45. The molecule has 0 spiro atoms. The summed E-state index contributed by atoms with van der Waals surface area (Å²) >= 11 is 9.35. The molecular formula is C11H13BrClN3O. The van der Waals surface area contributed by atoms with Crippen LogP contribution in [0.1, 0.15) is 12.8 Å². The molecule has 1 amide bonds. The first-order chi connectivity index (χ1) is 8.06. The quantitative estimate of drug-likeness (QED) is 0.926. The number of likely N-dealkylation sites (N-methyl/N-ethyl adjacent to an activating group) is 1. The van der Waals surface area contributed by atoms with Crippen LogP contribution >= 0.6 is 27.5 Å². The lowest BCUT2D eigenvalue weighted by Crippen LogP contribution is -2.36. The Morgan fingerprint density at radius 2 is 2.41 bits per heavy atom. The molecule has 1 N–H and O–H groups in total. The minimum atomic E-state index is 0.00999. The second-order valence-electron chi connectivity index (χ2n) is 4.16. The third kappa shape index (κ3) is 3.57. The van der Waals surface area contributed by atoms with E-state index in [0.29, 0.717) is 16.9 Å². The highest BCUT2D eigenvalue weighted by Crippen LogP contribution is 2.25. The maximum atomic E-state index is 11.6. The number of aromatic nitrogens is 1. The highest BCUT2D eigenvalue weighted by atomic mass is 79.9. The molecule has 1 fully saturated rings. The number of rotatable bonds is 4. The van der Waals surface area contributed by atoms with Gasteiger partial charge in [0.15, 0.2) is 0 Å². The second kappa shape index (κ2) is 5.23. The Morgan fingerprint density at radius 3 is 3.00 bits per heavy atom. The van der Waals surface area contributed by atoms with E-state index in [2.05, 4.69) is 26.2 Å². The van der Waals surface area contributed by atoms with Crippen LogP contribution in [0.2, 0.25) is 5.02 Å². The van der Waals surface area contributed by atoms with Crippen LogP contribution in [-0.2, 0) is 4.79 Å². The van der Waals surface area contributed by atoms with Gasteiger partial charge in [0, 0.05) is 23.8 Å². The number of hydrogen-bond donors (Lipinski definition) is 1. The first-order valence-corrected chi connectivity index (χ1v) is 6.55. The molecule has 17 heavy (non-hydrogen) atoms. The lowest BCUT2D eigenvalue weighted by molar-refractivity contribution is -0.119. The van der Waals surface area contributed by atoms with E-state index < -0.39 is 0 Å². The fraction of sp³-hybridized carbons (Fsp3) is 0.455. The molecule has 2 rings (SSSR count). The highest BCUT2D eigenvalue weighted by Gasteiger charge is 2.24. The lowest BCUT2D eigenvalue weighted by atomic mass is 10.4. The van der Waals surface area contributed by atoms with E-state index in [1.165, 1.54) is 0 Å². The molecule has 1 aromatic heterocycles. The van der Waals surface area contributed by atoms with Gasteiger partial charge in [0.25, 0.3) is 0 Å². The molecular weight excluding hydrogens is 305 g/mol. The van der Waals surface area contributed by atoms with Gasteiger partial charge in [-0.15, -0.1) is 0 Å². The largest absolute Gasteiger partial charge is 0.352 e. The van der Waals surface area contributed by atoms with Crippen LogP contribution in [0.25, 0.3) is 0 Å². The smallest absolute Gasteiger partial charge is 0.239 e. The molecule has 1 aliphatic carbocycles. The average molecular weight is 319 g/mol. The maximum absolute atomic E-state index is 11.6. The summed E-state index contributed by atoms with van der Waals surface area (Å²) in [6.07, 6.45) is 3.84. The Labute approximate surface area is 113 Å². The SMILES string of the molecule is CN(CC(=O)NC1CC1)c1ncc(Br)cc1Cl. The molecule has 0 unspecified atom stereocenters. The van der Waals surface area contributed by atoms with E-state index in [1.807, 2.05) is 0 Å². The zero-order chi connectivity index (χ0) is 12.4. The van der Waals surface area contributed by atoms with Gasteiger partial charge in [-0.25, -0.2) is 4.98 Å². The molecule has 0 saturated heterocycles. The molecule has 0 atom stereocenters. The van der Waals surface area contributed by atoms with Gasteiger partial charge in [-0.3, -0.25) is 4.79 Å². The van der Waals surface area contributed by atoms with Crippen molar-refractivity contribution >= 4 is 39.3 Å². The van der Waals surface area contributed by atoms with E-state index >= 15 is 0 Å². The second-order valence-corrected chi connectivity index (χ2v) is 5.48. The maximum Gasteiger partial charge on any atom is 0.239 e. The highest BCUT2D eigenvalue weighted by molar-refractivity contribution is 9.10. The van der Waals surface area contributed by atoms with Crippen molar-refractivity contribution in [2.24, 2.45) is 0 Å². The van der Waals surface area contributed by atoms with Crippen LogP contribution in [0, 0.1) is 0 Å². The van der Waals surface area contributed by atoms with E-state index in [-0.39, 0.29) is 12.5 Å². The first-order valence-electron chi connectivity index (χ1n) is 5.38. The normalized spacial score (nSPS) is 14.5. The lowest BCUT2D eigenvalue weighted by Gasteiger charge is -2.18. The number of carbonyl (C=O) groups excluding carboxylic acids is 1. The predicted molar refractivity (Wildman–Crippen MR) is 71.4 cm³/mol. The van der Waals surface area contributed by atoms with Gasteiger partial charge in [0.05, 0.1) is 11.6 Å². The summed E-state index contributed by atoms with van der Waals surface area (Å²) in [6, 6.07) is 2.14. The van der Waals surface area contributed by atoms with Crippen LogP contribution in [-0.4, -0.2) is 30.5 Å². The Morgan fingerprint density at radius 1 is 1.71 bits per heavy atom. The van der Waals surface area contributed by atoms with E-state index in [0.717, 1.165) is 17.3 Å². The van der Waals surface area contributed by atoms with Crippen molar-refractivity contribution in [1.82, 2.24) is 10.3 Å². The summed E-state index contributed by atoms with van der Waals surface area (Å²) in [7, 11) is 1.80. The van der Waals surface area contributed by atoms with Crippen LogP contribution in [0.3, 0.4) is 0 Å². The standard InChI is InChI=1S/C11H13BrClN3O/c1-16(6-10(17)15-8-2-3-8)11-9(13)4-7(12)5-14-11/h4-5,8H,2-3,6H2,1H3,(H,15,17). The number of nitrogens with one attached hydrogen (secondary N) is 1. The van der Waals surface area contributed by atoms with Gasteiger partial charge in [0.1, 0.15) is 5.82 Å². The molecule has 92 valence electrons. The number of pyridine rings is 1. The third-order valence-corrected chi connectivity index (χ3v) is 3.19. The molecule has 0 aliphatic heterocycles. The molecule has 0 bridgehead atoms. The fourth-order valence-corrected chi connectivity index (χ4v) is 2.25. The van der Waals surface area contributed by atoms with Gasteiger partial charge in [-0.1, -0.05) is 11.6 Å². The van der Waals surface area contributed by atoms with Crippen molar-refractivity contribution < 1.29 is 4.79 Å². The van der Waals surface area contributed by atoms with Crippen molar-refractivity contribution in [2.45, 2.75) is 18.9 Å². The van der Waals surface area contributed by atoms with E-state index in [4.69, 9.17) is 11.6 Å². The van der Waals surface area contributed by atoms with Gasteiger partial charge in [0.2, 0.25) is 5.91 Å². The predicted octanol–water partition coefficient (Wildman–Crippen LogP) is 2.21. The van der Waals surface area contributed by atoms with Crippen LogP contribution in [0.5, 0.6) is 0 Å². The minimum Gasteiger partial charge on any atom is -0.352 e. The van der Waals surface area contributed by atoms with Crippen molar-refractivity contribution in [3.8, 4) is 0 Å². The summed E-state index contributed by atoms with van der Waals surface area (Å²) in [5.41, 5.74) is 0. The monoisotopic (exact) mass is 317 g/mol. The summed E-state index contributed by atoms with van der Waals surface area (Å²) in [5.74, 6) is 0.622. The zero-order valence-corrected chi connectivity index (χ0v) is 11.8. The molecule has 6 heteroatoms. The van der Waals surface area contributed by atoms with Crippen LogP contribution < -0.4 is 10.2 Å². The van der Waals surface area contributed by atoms with E-state index in [9.17, 15) is 4.79 Å². The number of anilines is 1. The Hall–Kier alpha value is -0.810. The number of amides is 1. The average Bonchev–Trinajstić information content (AvgIpc) is 3.00. The van der Waals surface area contributed by atoms with Crippen molar-refractivity contribution in [1.29, 1.82) is 0 Å². The molecule has 0 aromatic carbocycles. The number of halogens is 2. The topological polar surface area (TPSA) is 45.2 Å². The molecule has 1 heterocycles. The van der Waals surface area contributed by atoms with Gasteiger partial charge in [-0.2, -0.15) is 0 Å². The van der Waals surface area contributed by atoms with Gasteiger partial charge < -0.3 is 10.2 Å². The Bertz CT molecular complexity index is 437. The van der Waals surface area contributed by atoms with Crippen LogP contribution in [0.15, 0.2) is 16.7 Å². The molecule has 1 aliphatic rings. The molecule has 1 aromatic rings. The number of hydrogen-bond acceptors (Lipinski definition) is 3. The Balaban J connectivity index is 1.97. The number of nitrogens with zero attached hydrogens (tertiary/aromatic N) is 2. The van der Waals surface area contributed by atoms with Crippen molar-refractivity contribution in [3.63, 3.8) is 0 Å². The third-order valence-electron chi connectivity index (χ3n) is 2.47. The van der Waals surface area contributed by atoms with Crippen LogP contribution in [0.4, 0.5) is 5.82 Å². The van der Waals surface area contributed by atoms with Gasteiger partial charge >= 0.3 is 0 Å². The van der Waals surface area contributed by atoms with Crippen molar-refractivity contribution in [2.75, 3.05) is 18.5 Å². The fourth-order valence-electron chi connectivity index (χ4n) is 1.48. The molecule has 4 nitrogen and oxygen atoms in total. The summed E-state index contributed by atoms with van der Waals surface area (Å²) in [6.45, 7) is 0.269. The summed E-state index contributed by atoms with van der Waals surface area (Å²) < 4.78 is 0.821. The Kier molecular flexibility index (Phi) is 3.89. The number of carbonyl (C=O) groups is 1. The first kappa shape index (κ1) is 12.6. The molecule has 1 saturated carbocycles. The van der Waals surface area contributed by atoms with E-state index in [1.54, 1.807) is 24.2 Å². The minimum absolute atomic E-state index is 0.00999. The van der Waals surface area contributed by atoms with Crippen molar-refractivity contribution in [3.05, 3.63) is 21.8 Å². The zero-order valence-electron chi connectivity index (χ0n) is 9.41. The molecule has 0 radical (unpaired) electrons. The summed E-state index contributed by atoms with van der Waals surface area (Å²) in [4.78, 5) is 17.6. The van der Waals surface area contributed by atoms with Gasteiger partial charge in [-0.05, 0) is 34.8 Å².